The average molecular weight is 773 g/mol. The summed E-state index contributed by atoms with van der Waals surface area (Å²) in [6.45, 7) is 13.3. The van der Waals surface area contributed by atoms with Gasteiger partial charge in [0.15, 0.2) is 0 Å². The molecule has 0 spiro atoms. The molecule has 60 heavy (non-hydrogen) atoms. The molecule has 0 saturated heterocycles. The second kappa shape index (κ2) is 16.2. The molecule has 2 heterocycles. The molecule has 0 aliphatic carbocycles. The molecule has 0 N–H and O–H groups in total. The van der Waals surface area contributed by atoms with Gasteiger partial charge in [0.05, 0.1) is 11.4 Å². The number of rotatable bonds is 8. The first-order chi connectivity index (χ1) is 29.2. The third-order valence-corrected chi connectivity index (χ3v) is 12.0. The van der Waals surface area contributed by atoms with Crippen LogP contribution in [0.2, 0.25) is 0 Å². The summed E-state index contributed by atoms with van der Waals surface area (Å²) in [6, 6.07) is 61.8. The highest BCUT2D eigenvalue weighted by atomic mass is 14.7. The molecular weight excluding hydrogens is 725 g/mol. The Balaban J connectivity index is 0.962. The van der Waals surface area contributed by atoms with E-state index in [9.17, 15) is 0 Å². The molecule has 0 saturated carbocycles. The lowest BCUT2D eigenvalue weighted by molar-refractivity contribution is 1.31. The number of hydrogen-bond acceptors (Lipinski definition) is 2. The zero-order valence-corrected chi connectivity index (χ0v) is 35.2. The van der Waals surface area contributed by atoms with Crippen LogP contribution < -0.4 is 0 Å². The van der Waals surface area contributed by atoms with Crippen molar-refractivity contribution in [2.45, 2.75) is 41.5 Å². The molecule has 9 rings (SSSR count). The lowest BCUT2D eigenvalue weighted by Gasteiger charge is -2.16. The van der Waals surface area contributed by atoms with Gasteiger partial charge < -0.3 is 0 Å². The van der Waals surface area contributed by atoms with E-state index >= 15 is 0 Å². The first kappa shape index (κ1) is 38.4. The largest absolute Gasteiger partial charge is 0.256 e. The number of pyridine rings is 2. The van der Waals surface area contributed by atoms with E-state index in [1.165, 1.54) is 94.6 Å². The smallest absolute Gasteiger partial charge is 0.0702 e. The molecule has 290 valence electrons. The minimum Gasteiger partial charge on any atom is -0.256 e. The van der Waals surface area contributed by atoms with Gasteiger partial charge in [-0.1, -0.05) is 127 Å². The van der Waals surface area contributed by atoms with Crippen LogP contribution in [0.25, 0.3) is 89.3 Å². The van der Waals surface area contributed by atoms with Crippen LogP contribution in [0.3, 0.4) is 0 Å². The molecule has 0 aliphatic rings. The Hall–Kier alpha value is -7.16. The van der Waals surface area contributed by atoms with Crippen LogP contribution >= 0.6 is 0 Å². The SMILES string of the molecule is Cc1ccccc1-c1ccc(-c2ccc(-c3ccc(-c4ccc(-c5ccc(-c6cc(-c7ccccn7)cc(-c7ccccn7)c6)cc5C)c(C)c4)cc3C)c(C)c2)cc1C. The number of benzene rings is 7. The van der Waals surface area contributed by atoms with Crippen molar-refractivity contribution in [1.82, 2.24) is 9.97 Å². The molecule has 0 fully saturated rings. The molecule has 9 aromatic rings. The highest BCUT2D eigenvalue weighted by Crippen LogP contribution is 2.38. The van der Waals surface area contributed by atoms with E-state index < -0.39 is 0 Å². The Labute approximate surface area is 355 Å². The number of aryl methyl sites for hydroxylation is 6. The Morgan fingerprint density at radius 2 is 0.533 bits per heavy atom. The molecule has 2 aromatic heterocycles. The normalized spacial score (nSPS) is 11.2. The van der Waals surface area contributed by atoms with E-state index in [1.807, 2.05) is 36.7 Å². The Morgan fingerprint density at radius 3 is 0.850 bits per heavy atom. The van der Waals surface area contributed by atoms with Crippen molar-refractivity contribution in [2.75, 3.05) is 0 Å². The van der Waals surface area contributed by atoms with E-state index in [0.717, 1.165) is 28.1 Å². The van der Waals surface area contributed by atoms with Gasteiger partial charge in [0.25, 0.3) is 0 Å². The van der Waals surface area contributed by atoms with Crippen LogP contribution in [-0.4, -0.2) is 9.97 Å². The minimum absolute atomic E-state index is 0.946. The number of nitrogens with zero attached hydrogens (tertiary/aromatic N) is 2. The molecule has 0 aliphatic heterocycles. The first-order valence-corrected chi connectivity index (χ1v) is 20.8. The van der Waals surface area contributed by atoms with Crippen LogP contribution in [-0.2, 0) is 0 Å². The van der Waals surface area contributed by atoms with Crippen molar-refractivity contribution in [2.24, 2.45) is 0 Å². The van der Waals surface area contributed by atoms with Gasteiger partial charge in [0, 0.05) is 23.5 Å². The Bertz CT molecular complexity index is 2970. The van der Waals surface area contributed by atoms with Gasteiger partial charge in [-0.25, -0.2) is 0 Å². The highest BCUT2D eigenvalue weighted by molar-refractivity contribution is 5.84. The van der Waals surface area contributed by atoms with Crippen molar-refractivity contribution in [3.05, 3.63) is 216 Å². The summed E-state index contributed by atoms with van der Waals surface area (Å²) in [5.41, 5.74) is 26.6. The Morgan fingerprint density at radius 1 is 0.233 bits per heavy atom. The zero-order valence-electron chi connectivity index (χ0n) is 35.2. The van der Waals surface area contributed by atoms with Gasteiger partial charge in [-0.2, -0.15) is 0 Å². The predicted octanol–water partition coefficient (Wildman–Crippen LogP) is 15.7. The van der Waals surface area contributed by atoms with Crippen LogP contribution in [0.4, 0.5) is 0 Å². The molecule has 0 unspecified atom stereocenters. The van der Waals surface area contributed by atoms with Gasteiger partial charge in [0.2, 0.25) is 0 Å². The van der Waals surface area contributed by atoms with E-state index in [1.54, 1.807) is 0 Å². The molecule has 0 amide bonds. The topological polar surface area (TPSA) is 25.8 Å². The van der Waals surface area contributed by atoms with Gasteiger partial charge in [-0.3, -0.25) is 9.97 Å². The van der Waals surface area contributed by atoms with Crippen LogP contribution in [0, 0.1) is 41.5 Å². The van der Waals surface area contributed by atoms with Gasteiger partial charge in [0.1, 0.15) is 0 Å². The summed E-state index contributed by atoms with van der Waals surface area (Å²) in [4.78, 5) is 9.32. The van der Waals surface area contributed by atoms with Crippen LogP contribution in [0.1, 0.15) is 33.4 Å². The van der Waals surface area contributed by atoms with Gasteiger partial charge >= 0.3 is 0 Å². The summed E-state index contributed by atoms with van der Waals surface area (Å²) in [7, 11) is 0. The maximum Gasteiger partial charge on any atom is 0.0702 e. The van der Waals surface area contributed by atoms with Crippen molar-refractivity contribution in [3.63, 3.8) is 0 Å². The molecule has 0 radical (unpaired) electrons. The summed E-state index contributed by atoms with van der Waals surface area (Å²) in [5, 5.41) is 0. The fraction of sp³-hybridized carbons (Fsp3) is 0.103. The molecule has 2 nitrogen and oxygen atoms in total. The van der Waals surface area contributed by atoms with Crippen molar-refractivity contribution < 1.29 is 0 Å². The fourth-order valence-electron chi connectivity index (χ4n) is 8.76. The second-order valence-corrected chi connectivity index (χ2v) is 16.2. The van der Waals surface area contributed by atoms with Crippen LogP contribution in [0.5, 0.6) is 0 Å². The molecule has 0 bridgehead atoms. The van der Waals surface area contributed by atoms with E-state index in [0.29, 0.717) is 0 Å². The number of aromatic nitrogens is 2. The van der Waals surface area contributed by atoms with Crippen molar-refractivity contribution >= 4 is 0 Å². The standard InChI is InChI=1S/C58H48N2/c1-37-13-7-8-14-51(37)52-22-17-43(29-38(52)2)44-18-23-53(39(3)30-44)54-24-19-45(31-40(54)4)46-20-25-55(41(5)32-46)56-26-21-47(33-42(56)6)48-34-49(57-15-9-11-27-59-57)36-50(35-48)58-16-10-12-28-60-58/h7-36H,1-6H3. The summed E-state index contributed by atoms with van der Waals surface area (Å²) in [5.74, 6) is 0. The average Bonchev–Trinajstić information content (AvgIpc) is 3.27. The monoisotopic (exact) mass is 772 g/mol. The molecule has 7 aromatic carbocycles. The maximum atomic E-state index is 4.66. The van der Waals surface area contributed by atoms with Crippen molar-refractivity contribution in [1.29, 1.82) is 0 Å². The Kier molecular flexibility index (Phi) is 10.4. The highest BCUT2D eigenvalue weighted by Gasteiger charge is 2.14. The van der Waals surface area contributed by atoms with Crippen molar-refractivity contribution in [3.8, 4) is 89.3 Å². The van der Waals surface area contributed by atoms with E-state index in [-0.39, 0.29) is 0 Å². The van der Waals surface area contributed by atoms with Crippen LogP contribution in [0.15, 0.2) is 182 Å². The quantitative estimate of drug-likeness (QED) is 0.154. The number of hydrogen-bond donors (Lipinski definition) is 0. The lowest BCUT2D eigenvalue weighted by atomic mass is 9.89. The fourth-order valence-corrected chi connectivity index (χ4v) is 8.76. The first-order valence-electron chi connectivity index (χ1n) is 20.8. The summed E-state index contributed by atoms with van der Waals surface area (Å²) in [6.07, 6.45) is 3.69. The third-order valence-electron chi connectivity index (χ3n) is 12.0. The maximum absolute atomic E-state index is 4.66. The predicted molar refractivity (Wildman–Crippen MR) is 254 cm³/mol. The summed E-state index contributed by atoms with van der Waals surface area (Å²) >= 11 is 0. The van der Waals surface area contributed by atoms with E-state index in [4.69, 9.17) is 0 Å². The van der Waals surface area contributed by atoms with Gasteiger partial charge in [-0.05, 0) is 184 Å². The third kappa shape index (κ3) is 7.61. The molecule has 2 heteroatoms. The van der Waals surface area contributed by atoms with E-state index in [2.05, 4.69) is 197 Å². The minimum atomic E-state index is 0.946. The molecular formula is C58H48N2. The van der Waals surface area contributed by atoms with Gasteiger partial charge in [-0.15, -0.1) is 0 Å². The zero-order chi connectivity index (χ0) is 41.3. The molecule has 0 atom stereocenters. The summed E-state index contributed by atoms with van der Waals surface area (Å²) < 4.78 is 0. The lowest BCUT2D eigenvalue weighted by Crippen LogP contribution is -1.92. The second-order valence-electron chi connectivity index (χ2n) is 16.2.